The standard InChI is InChI=1S/C20H24N4O2S/c1-13-3-4-14-10-18(27-17(14)9-13)20(26)24-7-5-16(6-8-24)22-19(25)15-11-21-23(2)12-15/h3-4,9,11-12,16,18H,5-8,10H2,1-2H3,(H,22,25). The molecule has 1 atom stereocenters. The lowest BCUT2D eigenvalue weighted by Gasteiger charge is -2.33. The largest absolute Gasteiger partial charge is 0.349 e. The SMILES string of the molecule is Cc1ccc2c(c1)SC(C(=O)N1CCC(NC(=O)c3cnn(C)c3)CC1)C2. The van der Waals surface area contributed by atoms with Crippen molar-refractivity contribution in [2.24, 2.45) is 7.05 Å². The summed E-state index contributed by atoms with van der Waals surface area (Å²) in [5.41, 5.74) is 3.09. The highest BCUT2D eigenvalue weighted by Crippen LogP contribution is 2.38. The minimum absolute atomic E-state index is 0.0108. The minimum atomic E-state index is -0.0926. The lowest BCUT2D eigenvalue weighted by Crippen LogP contribution is -2.48. The van der Waals surface area contributed by atoms with E-state index in [1.54, 1.807) is 35.9 Å². The maximum Gasteiger partial charge on any atom is 0.254 e. The zero-order chi connectivity index (χ0) is 19.0. The van der Waals surface area contributed by atoms with Crippen LogP contribution in [0.4, 0.5) is 0 Å². The van der Waals surface area contributed by atoms with Gasteiger partial charge in [0.2, 0.25) is 5.91 Å². The Morgan fingerprint density at radius 2 is 2.04 bits per heavy atom. The van der Waals surface area contributed by atoms with E-state index >= 15 is 0 Å². The number of nitrogens with zero attached hydrogens (tertiary/aromatic N) is 3. The summed E-state index contributed by atoms with van der Waals surface area (Å²) >= 11 is 1.69. The molecule has 1 aromatic heterocycles. The summed E-state index contributed by atoms with van der Waals surface area (Å²) in [7, 11) is 1.79. The second-order valence-electron chi connectivity index (χ2n) is 7.40. The van der Waals surface area contributed by atoms with Gasteiger partial charge in [0.1, 0.15) is 0 Å². The second-order valence-corrected chi connectivity index (χ2v) is 8.64. The molecule has 0 aliphatic carbocycles. The van der Waals surface area contributed by atoms with Crippen LogP contribution in [0.5, 0.6) is 0 Å². The van der Waals surface area contributed by atoms with Gasteiger partial charge in [0.05, 0.1) is 17.0 Å². The van der Waals surface area contributed by atoms with Crippen molar-refractivity contribution in [1.82, 2.24) is 20.0 Å². The van der Waals surface area contributed by atoms with E-state index < -0.39 is 0 Å². The quantitative estimate of drug-likeness (QED) is 0.881. The lowest BCUT2D eigenvalue weighted by molar-refractivity contribution is -0.131. The topological polar surface area (TPSA) is 67.2 Å². The molecule has 1 aromatic carbocycles. The molecule has 2 amide bonds. The number of rotatable bonds is 3. The van der Waals surface area contributed by atoms with Crippen LogP contribution in [-0.2, 0) is 18.3 Å². The van der Waals surface area contributed by atoms with Gasteiger partial charge in [0, 0.05) is 37.3 Å². The number of aromatic nitrogens is 2. The number of nitrogens with one attached hydrogen (secondary N) is 1. The number of fused-ring (bicyclic) bond motifs is 1. The molecule has 0 bridgehead atoms. The molecule has 142 valence electrons. The summed E-state index contributed by atoms with van der Waals surface area (Å²) in [6, 6.07) is 6.54. The van der Waals surface area contributed by atoms with Crippen LogP contribution in [0, 0.1) is 6.92 Å². The fourth-order valence-corrected chi connectivity index (χ4v) is 5.10. The Balaban J connectivity index is 1.29. The fraction of sp³-hybridized carbons (Fsp3) is 0.450. The molecule has 1 saturated heterocycles. The number of amides is 2. The average molecular weight is 385 g/mol. The van der Waals surface area contributed by atoms with E-state index in [-0.39, 0.29) is 23.1 Å². The van der Waals surface area contributed by atoms with Crippen molar-refractivity contribution < 1.29 is 9.59 Å². The Kier molecular flexibility index (Phi) is 4.95. The predicted molar refractivity (Wildman–Crippen MR) is 105 cm³/mol. The van der Waals surface area contributed by atoms with Gasteiger partial charge in [-0.15, -0.1) is 11.8 Å². The Labute approximate surface area is 163 Å². The zero-order valence-corrected chi connectivity index (χ0v) is 16.5. The first-order valence-corrected chi connectivity index (χ1v) is 10.2. The number of thioether (sulfide) groups is 1. The highest BCUT2D eigenvalue weighted by molar-refractivity contribution is 8.01. The van der Waals surface area contributed by atoms with Gasteiger partial charge in [-0.25, -0.2) is 0 Å². The summed E-state index contributed by atoms with van der Waals surface area (Å²) < 4.78 is 1.62. The van der Waals surface area contributed by atoms with Crippen molar-refractivity contribution in [3.05, 3.63) is 47.3 Å². The van der Waals surface area contributed by atoms with Crippen LogP contribution in [0.25, 0.3) is 0 Å². The van der Waals surface area contributed by atoms with E-state index in [0.29, 0.717) is 18.7 Å². The number of likely N-dealkylation sites (tertiary alicyclic amines) is 1. The lowest BCUT2D eigenvalue weighted by atomic mass is 10.0. The first kappa shape index (κ1) is 18.1. The molecule has 0 spiro atoms. The Morgan fingerprint density at radius 3 is 2.74 bits per heavy atom. The molecule has 1 unspecified atom stereocenters. The summed E-state index contributed by atoms with van der Waals surface area (Å²) in [6.07, 6.45) is 5.69. The van der Waals surface area contributed by atoms with Gasteiger partial charge in [0.15, 0.2) is 0 Å². The molecule has 1 fully saturated rings. The molecule has 2 aliphatic heterocycles. The summed E-state index contributed by atoms with van der Waals surface area (Å²) in [5.74, 6) is 0.135. The summed E-state index contributed by atoms with van der Waals surface area (Å²) in [6.45, 7) is 3.48. The third-order valence-electron chi connectivity index (χ3n) is 5.28. The van der Waals surface area contributed by atoms with E-state index in [4.69, 9.17) is 0 Å². The molecule has 6 nitrogen and oxygen atoms in total. The Bertz CT molecular complexity index is 871. The van der Waals surface area contributed by atoms with Crippen LogP contribution in [0.1, 0.15) is 34.3 Å². The van der Waals surface area contributed by atoms with E-state index in [0.717, 1.165) is 19.3 Å². The van der Waals surface area contributed by atoms with Gasteiger partial charge < -0.3 is 10.2 Å². The average Bonchev–Trinajstić information content (AvgIpc) is 3.27. The van der Waals surface area contributed by atoms with E-state index in [9.17, 15) is 9.59 Å². The maximum atomic E-state index is 12.9. The van der Waals surface area contributed by atoms with Crippen molar-refractivity contribution in [2.75, 3.05) is 13.1 Å². The second kappa shape index (κ2) is 7.38. The molecular weight excluding hydrogens is 360 g/mol. The highest BCUT2D eigenvalue weighted by atomic mass is 32.2. The number of carbonyl (C=O) groups is 2. The summed E-state index contributed by atoms with van der Waals surface area (Å²) in [4.78, 5) is 28.4. The number of hydrogen-bond acceptors (Lipinski definition) is 4. The van der Waals surface area contributed by atoms with E-state index in [2.05, 4.69) is 35.5 Å². The molecule has 7 heteroatoms. The van der Waals surface area contributed by atoms with Crippen LogP contribution in [0.15, 0.2) is 35.5 Å². The molecule has 3 heterocycles. The van der Waals surface area contributed by atoms with Crippen molar-refractivity contribution in [1.29, 1.82) is 0 Å². The number of benzene rings is 1. The van der Waals surface area contributed by atoms with E-state index in [1.807, 2.05) is 4.90 Å². The third kappa shape index (κ3) is 3.88. The Morgan fingerprint density at radius 1 is 1.26 bits per heavy atom. The van der Waals surface area contributed by atoms with Crippen LogP contribution in [-0.4, -0.2) is 50.9 Å². The number of aryl methyl sites for hydroxylation is 2. The van der Waals surface area contributed by atoms with Gasteiger partial charge in [0.25, 0.3) is 5.91 Å². The van der Waals surface area contributed by atoms with Crippen molar-refractivity contribution in [3.63, 3.8) is 0 Å². The van der Waals surface area contributed by atoms with Crippen molar-refractivity contribution in [2.45, 2.75) is 42.4 Å². The zero-order valence-electron chi connectivity index (χ0n) is 15.6. The normalized spacial score (nSPS) is 19.8. The highest BCUT2D eigenvalue weighted by Gasteiger charge is 2.33. The third-order valence-corrected chi connectivity index (χ3v) is 6.57. The predicted octanol–water partition coefficient (Wildman–Crippen LogP) is 2.17. The van der Waals surface area contributed by atoms with Gasteiger partial charge in [-0.2, -0.15) is 5.10 Å². The fourth-order valence-electron chi connectivity index (χ4n) is 3.73. The molecule has 0 saturated carbocycles. The smallest absolute Gasteiger partial charge is 0.254 e. The first-order valence-electron chi connectivity index (χ1n) is 9.34. The van der Waals surface area contributed by atoms with Crippen LogP contribution >= 0.6 is 11.8 Å². The number of piperidine rings is 1. The molecule has 2 aliphatic rings. The van der Waals surface area contributed by atoms with Crippen molar-refractivity contribution >= 4 is 23.6 Å². The van der Waals surface area contributed by atoms with Crippen molar-refractivity contribution in [3.8, 4) is 0 Å². The minimum Gasteiger partial charge on any atom is -0.349 e. The molecular formula is C20H24N4O2S. The molecule has 27 heavy (non-hydrogen) atoms. The summed E-state index contributed by atoms with van der Waals surface area (Å²) in [5, 5.41) is 7.08. The Hall–Kier alpha value is -2.28. The van der Waals surface area contributed by atoms with Gasteiger partial charge in [-0.05, 0) is 37.8 Å². The van der Waals surface area contributed by atoms with Crippen LogP contribution in [0.3, 0.4) is 0 Å². The van der Waals surface area contributed by atoms with Gasteiger partial charge >= 0.3 is 0 Å². The first-order chi connectivity index (χ1) is 13.0. The van der Waals surface area contributed by atoms with Crippen LogP contribution in [0.2, 0.25) is 0 Å². The molecule has 2 aromatic rings. The maximum absolute atomic E-state index is 12.9. The van der Waals surface area contributed by atoms with Gasteiger partial charge in [-0.1, -0.05) is 17.7 Å². The van der Waals surface area contributed by atoms with Crippen LogP contribution < -0.4 is 5.32 Å². The molecule has 0 radical (unpaired) electrons. The number of hydrogen-bond donors (Lipinski definition) is 1. The monoisotopic (exact) mass is 384 g/mol. The molecule has 4 rings (SSSR count). The number of carbonyl (C=O) groups excluding carboxylic acids is 2. The van der Waals surface area contributed by atoms with E-state index in [1.165, 1.54) is 16.0 Å². The molecule has 1 N–H and O–H groups in total. The van der Waals surface area contributed by atoms with Gasteiger partial charge in [-0.3, -0.25) is 14.3 Å².